The molecule has 2 rings (SSSR count). The molecule has 1 heterocycles. The van der Waals surface area contributed by atoms with Gasteiger partial charge in [0.25, 0.3) is 0 Å². The molecule has 1 aliphatic rings. The second-order valence-electron chi connectivity index (χ2n) is 5.49. The third-order valence-electron chi connectivity index (χ3n) is 4.10. The van der Waals surface area contributed by atoms with Gasteiger partial charge in [-0.15, -0.1) is 0 Å². The van der Waals surface area contributed by atoms with Crippen molar-refractivity contribution in [2.75, 3.05) is 0 Å². The quantitative estimate of drug-likeness (QED) is 0.872. The fourth-order valence-electron chi connectivity index (χ4n) is 3.08. The highest BCUT2D eigenvalue weighted by molar-refractivity contribution is 5.24. The van der Waals surface area contributed by atoms with Crippen LogP contribution in [-0.2, 0) is 0 Å². The lowest BCUT2D eigenvalue weighted by molar-refractivity contribution is 0.262. The van der Waals surface area contributed by atoms with E-state index in [1.807, 2.05) is 13.8 Å². The van der Waals surface area contributed by atoms with E-state index in [-0.39, 0.29) is 0 Å². The Balaban J connectivity index is 2.03. The van der Waals surface area contributed by atoms with Gasteiger partial charge < -0.3 is 9.84 Å². The van der Waals surface area contributed by atoms with Crippen LogP contribution in [0.1, 0.15) is 62.6 Å². The number of hydrogen-bond donors (Lipinski definition) is 1. The normalized spacial score (nSPS) is 27.1. The monoisotopic (exact) mass is 236 g/mol. The number of aryl methyl sites for hydroxylation is 2. The van der Waals surface area contributed by atoms with Crippen LogP contribution < -0.4 is 5.32 Å². The lowest BCUT2D eigenvalue weighted by Gasteiger charge is -2.32. The maximum absolute atomic E-state index is 5.24. The van der Waals surface area contributed by atoms with E-state index in [9.17, 15) is 0 Å². The Kier molecular flexibility index (Phi) is 3.87. The van der Waals surface area contributed by atoms with Gasteiger partial charge in [0.2, 0.25) is 0 Å². The number of nitrogens with one attached hydrogen (secondary N) is 1. The van der Waals surface area contributed by atoms with Gasteiger partial charge in [0.15, 0.2) is 0 Å². The van der Waals surface area contributed by atoms with Crippen LogP contribution in [-0.4, -0.2) is 11.2 Å². The van der Waals surface area contributed by atoms with Gasteiger partial charge in [0.05, 0.1) is 5.69 Å². The molecule has 0 aromatic carbocycles. The van der Waals surface area contributed by atoms with Gasteiger partial charge in [0, 0.05) is 17.6 Å². The lowest BCUT2D eigenvalue weighted by atomic mass is 9.85. The molecule has 3 heteroatoms. The van der Waals surface area contributed by atoms with Gasteiger partial charge in [-0.2, -0.15) is 0 Å². The maximum atomic E-state index is 5.24. The molecule has 1 saturated carbocycles. The van der Waals surface area contributed by atoms with E-state index in [0.717, 1.165) is 17.4 Å². The highest BCUT2D eigenvalue weighted by Gasteiger charge is 2.25. The molecule has 96 valence electrons. The number of nitrogens with zero attached hydrogens (tertiary/aromatic N) is 1. The predicted molar refractivity (Wildman–Crippen MR) is 68.9 cm³/mol. The summed E-state index contributed by atoms with van der Waals surface area (Å²) in [5.41, 5.74) is 2.26. The number of aromatic nitrogens is 1. The summed E-state index contributed by atoms with van der Waals surface area (Å²) < 4.78 is 5.24. The third kappa shape index (κ3) is 2.71. The minimum Gasteiger partial charge on any atom is -0.361 e. The Labute approximate surface area is 104 Å². The van der Waals surface area contributed by atoms with Crippen LogP contribution in [0.5, 0.6) is 0 Å². The van der Waals surface area contributed by atoms with Crippen LogP contribution >= 0.6 is 0 Å². The molecular weight excluding hydrogens is 212 g/mol. The smallest absolute Gasteiger partial charge is 0.138 e. The zero-order chi connectivity index (χ0) is 12.4. The van der Waals surface area contributed by atoms with Crippen LogP contribution in [0.3, 0.4) is 0 Å². The summed E-state index contributed by atoms with van der Waals surface area (Å²) in [7, 11) is 0. The van der Waals surface area contributed by atoms with Gasteiger partial charge in [-0.1, -0.05) is 24.9 Å². The van der Waals surface area contributed by atoms with Gasteiger partial charge >= 0.3 is 0 Å². The molecule has 3 atom stereocenters. The highest BCUT2D eigenvalue weighted by Crippen LogP contribution is 2.28. The van der Waals surface area contributed by atoms with Crippen LogP contribution in [0.2, 0.25) is 0 Å². The molecule has 3 unspecified atom stereocenters. The van der Waals surface area contributed by atoms with Crippen molar-refractivity contribution in [3.05, 3.63) is 17.0 Å². The van der Waals surface area contributed by atoms with Crippen LogP contribution in [0.4, 0.5) is 0 Å². The van der Waals surface area contributed by atoms with E-state index in [1.165, 1.54) is 31.2 Å². The second-order valence-corrected chi connectivity index (χ2v) is 5.49. The third-order valence-corrected chi connectivity index (χ3v) is 4.10. The standard InChI is InChI=1S/C14H24N2O/c1-9-7-5-6-8-13(9)15-10(2)14-11(3)16-17-12(14)4/h9-10,13,15H,5-8H2,1-4H3. The Bertz CT molecular complexity index is 353. The van der Waals surface area contributed by atoms with Crippen molar-refractivity contribution in [3.8, 4) is 0 Å². The Morgan fingerprint density at radius 2 is 2.00 bits per heavy atom. The molecule has 1 aliphatic carbocycles. The number of hydrogen-bond acceptors (Lipinski definition) is 3. The molecule has 0 amide bonds. The Morgan fingerprint density at radius 1 is 1.29 bits per heavy atom. The molecule has 1 fully saturated rings. The van der Waals surface area contributed by atoms with Crippen molar-refractivity contribution >= 4 is 0 Å². The molecule has 0 aliphatic heterocycles. The molecule has 1 aromatic heterocycles. The summed E-state index contributed by atoms with van der Waals surface area (Å²) in [6, 6.07) is 0.985. The van der Waals surface area contributed by atoms with E-state index >= 15 is 0 Å². The minimum atomic E-state index is 0.340. The lowest BCUT2D eigenvalue weighted by Crippen LogP contribution is -2.38. The first kappa shape index (κ1) is 12.6. The van der Waals surface area contributed by atoms with Gasteiger partial charge in [0.1, 0.15) is 5.76 Å². The highest BCUT2D eigenvalue weighted by atomic mass is 16.5. The summed E-state index contributed by atoms with van der Waals surface area (Å²) in [6.07, 6.45) is 5.40. The van der Waals surface area contributed by atoms with E-state index < -0.39 is 0 Å². The van der Waals surface area contributed by atoms with Crippen LogP contribution in [0.25, 0.3) is 0 Å². The Hall–Kier alpha value is -0.830. The molecule has 0 bridgehead atoms. The molecule has 0 radical (unpaired) electrons. The van der Waals surface area contributed by atoms with Crippen molar-refractivity contribution in [1.82, 2.24) is 10.5 Å². The second kappa shape index (κ2) is 5.21. The largest absolute Gasteiger partial charge is 0.361 e. The van der Waals surface area contributed by atoms with E-state index in [2.05, 4.69) is 24.3 Å². The first-order chi connectivity index (χ1) is 8.09. The maximum Gasteiger partial charge on any atom is 0.138 e. The summed E-state index contributed by atoms with van der Waals surface area (Å²) >= 11 is 0. The summed E-state index contributed by atoms with van der Waals surface area (Å²) in [6.45, 7) is 8.59. The molecule has 1 aromatic rings. The van der Waals surface area contributed by atoms with Crippen molar-refractivity contribution < 1.29 is 4.52 Å². The summed E-state index contributed by atoms with van der Waals surface area (Å²) in [5.74, 6) is 1.73. The van der Waals surface area contributed by atoms with Crippen molar-refractivity contribution in [2.45, 2.75) is 65.5 Å². The molecule has 17 heavy (non-hydrogen) atoms. The minimum absolute atomic E-state index is 0.340. The topological polar surface area (TPSA) is 38.1 Å². The van der Waals surface area contributed by atoms with Crippen LogP contribution in [0, 0.1) is 19.8 Å². The molecule has 0 spiro atoms. The fourth-order valence-corrected chi connectivity index (χ4v) is 3.08. The zero-order valence-electron chi connectivity index (χ0n) is 11.4. The SMILES string of the molecule is Cc1noc(C)c1C(C)NC1CCCCC1C. The average Bonchev–Trinajstić information content (AvgIpc) is 2.62. The van der Waals surface area contributed by atoms with E-state index in [0.29, 0.717) is 12.1 Å². The average molecular weight is 236 g/mol. The summed E-state index contributed by atoms with van der Waals surface area (Å²) in [5, 5.41) is 7.79. The molecule has 3 nitrogen and oxygen atoms in total. The molecular formula is C14H24N2O. The van der Waals surface area contributed by atoms with Crippen molar-refractivity contribution in [2.24, 2.45) is 5.92 Å². The summed E-state index contributed by atoms with van der Waals surface area (Å²) in [4.78, 5) is 0. The number of rotatable bonds is 3. The van der Waals surface area contributed by atoms with Crippen molar-refractivity contribution in [1.29, 1.82) is 0 Å². The fraction of sp³-hybridized carbons (Fsp3) is 0.786. The predicted octanol–water partition coefficient (Wildman–Crippen LogP) is 3.52. The van der Waals surface area contributed by atoms with E-state index in [4.69, 9.17) is 4.52 Å². The molecule has 0 saturated heterocycles. The first-order valence-corrected chi connectivity index (χ1v) is 6.78. The molecule has 1 N–H and O–H groups in total. The first-order valence-electron chi connectivity index (χ1n) is 6.78. The van der Waals surface area contributed by atoms with E-state index in [1.54, 1.807) is 0 Å². The Morgan fingerprint density at radius 3 is 2.59 bits per heavy atom. The van der Waals surface area contributed by atoms with Gasteiger partial charge in [-0.25, -0.2) is 0 Å². The van der Waals surface area contributed by atoms with Crippen LogP contribution in [0.15, 0.2) is 4.52 Å². The van der Waals surface area contributed by atoms with Crippen molar-refractivity contribution in [3.63, 3.8) is 0 Å². The zero-order valence-corrected chi connectivity index (χ0v) is 11.4. The van der Waals surface area contributed by atoms with Gasteiger partial charge in [-0.3, -0.25) is 0 Å². The van der Waals surface area contributed by atoms with Gasteiger partial charge in [-0.05, 0) is 39.5 Å².